The SMILES string of the molecule is CC(=O)N1CCN(CC2CCCNC2)CC1.Cl. The molecule has 2 saturated heterocycles. The van der Waals surface area contributed by atoms with Gasteiger partial charge >= 0.3 is 0 Å². The van der Waals surface area contributed by atoms with Crippen LogP contribution in [0.25, 0.3) is 0 Å². The Morgan fingerprint density at radius 1 is 1.29 bits per heavy atom. The average Bonchev–Trinajstić information content (AvgIpc) is 2.31. The highest BCUT2D eigenvalue weighted by Gasteiger charge is 2.22. The summed E-state index contributed by atoms with van der Waals surface area (Å²) >= 11 is 0. The highest BCUT2D eigenvalue weighted by Crippen LogP contribution is 2.13. The number of amides is 1. The fourth-order valence-electron chi connectivity index (χ4n) is 2.69. The molecular weight excluding hydrogens is 238 g/mol. The topological polar surface area (TPSA) is 35.6 Å². The minimum atomic E-state index is 0. The van der Waals surface area contributed by atoms with Crippen molar-refractivity contribution in [3.8, 4) is 0 Å². The van der Waals surface area contributed by atoms with E-state index < -0.39 is 0 Å². The number of piperidine rings is 1. The fourth-order valence-corrected chi connectivity index (χ4v) is 2.69. The number of rotatable bonds is 2. The number of halogens is 1. The van der Waals surface area contributed by atoms with Gasteiger partial charge in [0.1, 0.15) is 0 Å². The number of hydrogen-bond donors (Lipinski definition) is 1. The zero-order valence-corrected chi connectivity index (χ0v) is 11.5. The predicted octanol–water partition coefficient (Wildman–Crippen LogP) is 0.572. The first kappa shape index (κ1) is 14.7. The van der Waals surface area contributed by atoms with Gasteiger partial charge in [-0.15, -0.1) is 12.4 Å². The van der Waals surface area contributed by atoms with Crippen molar-refractivity contribution in [2.45, 2.75) is 19.8 Å². The van der Waals surface area contributed by atoms with E-state index in [0.29, 0.717) is 0 Å². The van der Waals surface area contributed by atoms with Gasteiger partial charge in [-0.05, 0) is 31.8 Å². The molecule has 0 spiro atoms. The molecule has 2 rings (SSSR count). The van der Waals surface area contributed by atoms with Crippen LogP contribution >= 0.6 is 12.4 Å². The van der Waals surface area contributed by atoms with E-state index in [-0.39, 0.29) is 18.3 Å². The van der Waals surface area contributed by atoms with Gasteiger partial charge in [0.05, 0.1) is 0 Å². The van der Waals surface area contributed by atoms with Crippen molar-refractivity contribution in [3.63, 3.8) is 0 Å². The Balaban J connectivity index is 0.00000144. The molecule has 0 saturated carbocycles. The molecule has 17 heavy (non-hydrogen) atoms. The molecule has 0 radical (unpaired) electrons. The molecule has 0 aromatic carbocycles. The van der Waals surface area contributed by atoms with Crippen LogP contribution in [0.3, 0.4) is 0 Å². The maximum absolute atomic E-state index is 11.2. The summed E-state index contributed by atoms with van der Waals surface area (Å²) in [4.78, 5) is 15.7. The molecule has 5 heteroatoms. The van der Waals surface area contributed by atoms with Gasteiger partial charge in [-0.25, -0.2) is 0 Å². The lowest BCUT2D eigenvalue weighted by molar-refractivity contribution is -0.130. The summed E-state index contributed by atoms with van der Waals surface area (Å²) in [5, 5.41) is 3.46. The van der Waals surface area contributed by atoms with Crippen LogP contribution in [-0.4, -0.2) is 61.5 Å². The third-order valence-electron chi connectivity index (χ3n) is 3.73. The number of carbonyl (C=O) groups is 1. The van der Waals surface area contributed by atoms with E-state index in [1.807, 2.05) is 4.90 Å². The van der Waals surface area contributed by atoms with E-state index in [2.05, 4.69) is 10.2 Å². The summed E-state index contributed by atoms with van der Waals surface area (Å²) in [7, 11) is 0. The molecule has 2 aliphatic rings. The van der Waals surface area contributed by atoms with Gasteiger partial charge in [-0.2, -0.15) is 0 Å². The Kier molecular flexibility index (Phi) is 6.23. The average molecular weight is 262 g/mol. The Labute approximate surface area is 110 Å². The summed E-state index contributed by atoms with van der Waals surface area (Å²) in [6.07, 6.45) is 2.68. The molecule has 2 heterocycles. The summed E-state index contributed by atoms with van der Waals surface area (Å²) in [5.74, 6) is 1.04. The van der Waals surface area contributed by atoms with Crippen molar-refractivity contribution < 1.29 is 4.79 Å². The lowest BCUT2D eigenvalue weighted by atomic mass is 9.99. The lowest BCUT2D eigenvalue weighted by Gasteiger charge is -2.37. The maximum Gasteiger partial charge on any atom is 0.219 e. The molecule has 0 bridgehead atoms. The first-order chi connectivity index (χ1) is 7.75. The van der Waals surface area contributed by atoms with Crippen molar-refractivity contribution in [1.82, 2.24) is 15.1 Å². The van der Waals surface area contributed by atoms with Gasteiger partial charge in [-0.3, -0.25) is 9.69 Å². The predicted molar refractivity (Wildman–Crippen MR) is 71.5 cm³/mol. The van der Waals surface area contributed by atoms with Crippen LogP contribution in [0.4, 0.5) is 0 Å². The second kappa shape index (κ2) is 7.19. The Morgan fingerprint density at radius 2 is 2.00 bits per heavy atom. The number of nitrogens with one attached hydrogen (secondary N) is 1. The van der Waals surface area contributed by atoms with Crippen molar-refractivity contribution >= 4 is 18.3 Å². The van der Waals surface area contributed by atoms with Crippen molar-refractivity contribution in [3.05, 3.63) is 0 Å². The van der Waals surface area contributed by atoms with Gasteiger partial charge in [0.25, 0.3) is 0 Å². The molecule has 1 unspecified atom stereocenters. The number of hydrogen-bond acceptors (Lipinski definition) is 3. The minimum absolute atomic E-state index is 0. The summed E-state index contributed by atoms with van der Waals surface area (Å²) in [6.45, 7) is 9.16. The van der Waals surface area contributed by atoms with E-state index in [1.165, 1.54) is 32.5 Å². The van der Waals surface area contributed by atoms with Crippen LogP contribution in [0, 0.1) is 5.92 Å². The number of nitrogens with zero attached hydrogens (tertiary/aromatic N) is 2. The molecule has 0 aromatic rings. The molecule has 1 N–H and O–H groups in total. The van der Waals surface area contributed by atoms with Crippen LogP contribution in [-0.2, 0) is 4.79 Å². The molecule has 0 aliphatic carbocycles. The molecule has 2 aliphatic heterocycles. The maximum atomic E-state index is 11.2. The van der Waals surface area contributed by atoms with Crippen molar-refractivity contribution in [1.29, 1.82) is 0 Å². The van der Waals surface area contributed by atoms with Gasteiger partial charge in [-0.1, -0.05) is 0 Å². The second-order valence-corrected chi connectivity index (χ2v) is 5.02. The van der Waals surface area contributed by atoms with Crippen LogP contribution in [0.15, 0.2) is 0 Å². The number of piperazine rings is 1. The highest BCUT2D eigenvalue weighted by molar-refractivity contribution is 5.85. The van der Waals surface area contributed by atoms with Crippen LogP contribution in [0.5, 0.6) is 0 Å². The Morgan fingerprint density at radius 3 is 2.53 bits per heavy atom. The quantitative estimate of drug-likeness (QED) is 0.790. The van der Waals surface area contributed by atoms with E-state index in [0.717, 1.165) is 32.1 Å². The molecule has 0 aromatic heterocycles. The van der Waals surface area contributed by atoms with Crippen LogP contribution < -0.4 is 5.32 Å². The standard InChI is InChI=1S/C12H23N3O.ClH/c1-11(16)15-7-5-14(6-8-15)10-12-3-2-4-13-9-12;/h12-13H,2-10H2,1H3;1H. The molecule has 1 amide bonds. The van der Waals surface area contributed by atoms with Crippen molar-refractivity contribution in [2.75, 3.05) is 45.8 Å². The monoisotopic (exact) mass is 261 g/mol. The van der Waals surface area contributed by atoms with E-state index in [4.69, 9.17) is 0 Å². The third kappa shape index (κ3) is 4.45. The van der Waals surface area contributed by atoms with Gasteiger partial charge in [0, 0.05) is 39.6 Å². The summed E-state index contributed by atoms with van der Waals surface area (Å²) in [5.41, 5.74) is 0. The zero-order valence-electron chi connectivity index (χ0n) is 10.7. The van der Waals surface area contributed by atoms with Crippen LogP contribution in [0.2, 0.25) is 0 Å². The Hall–Kier alpha value is -0.320. The van der Waals surface area contributed by atoms with Gasteiger partial charge in [0.2, 0.25) is 5.91 Å². The van der Waals surface area contributed by atoms with Crippen LogP contribution in [0.1, 0.15) is 19.8 Å². The van der Waals surface area contributed by atoms with E-state index >= 15 is 0 Å². The molecular formula is C12H24ClN3O. The van der Waals surface area contributed by atoms with Gasteiger partial charge in [0.15, 0.2) is 0 Å². The van der Waals surface area contributed by atoms with Gasteiger partial charge < -0.3 is 10.2 Å². The second-order valence-electron chi connectivity index (χ2n) is 5.02. The fraction of sp³-hybridized carbons (Fsp3) is 0.917. The number of carbonyl (C=O) groups excluding carboxylic acids is 1. The molecule has 4 nitrogen and oxygen atoms in total. The minimum Gasteiger partial charge on any atom is -0.340 e. The highest BCUT2D eigenvalue weighted by atomic mass is 35.5. The lowest BCUT2D eigenvalue weighted by Crippen LogP contribution is -2.50. The first-order valence-electron chi connectivity index (χ1n) is 6.44. The Bertz CT molecular complexity index is 236. The van der Waals surface area contributed by atoms with E-state index in [1.54, 1.807) is 6.92 Å². The smallest absolute Gasteiger partial charge is 0.219 e. The molecule has 2 fully saturated rings. The van der Waals surface area contributed by atoms with E-state index in [9.17, 15) is 4.79 Å². The molecule has 1 atom stereocenters. The molecule has 100 valence electrons. The summed E-state index contributed by atoms with van der Waals surface area (Å²) in [6, 6.07) is 0. The largest absolute Gasteiger partial charge is 0.340 e. The van der Waals surface area contributed by atoms with Crippen molar-refractivity contribution in [2.24, 2.45) is 5.92 Å². The zero-order chi connectivity index (χ0) is 11.4. The normalized spacial score (nSPS) is 26.4. The summed E-state index contributed by atoms with van der Waals surface area (Å²) < 4.78 is 0. The first-order valence-corrected chi connectivity index (χ1v) is 6.44. The third-order valence-corrected chi connectivity index (χ3v) is 3.73.